The standard InChI is InChI=1S/C15H24N2O3S/c18-14(9-16-2-5-19-6-3-16)10-17-4-7-20-15(11-17)13-1-8-21-12-13/h1,8,12,14-15,18H,2-7,9-11H2. The lowest BCUT2D eigenvalue weighted by Crippen LogP contribution is -2.47. The number of morpholine rings is 2. The molecule has 1 N–H and O–H groups in total. The van der Waals surface area contributed by atoms with Crippen LogP contribution in [-0.2, 0) is 9.47 Å². The lowest BCUT2D eigenvalue weighted by atomic mass is 10.1. The number of hydrogen-bond donors (Lipinski definition) is 1. The first-order valence-corrected chi connectivity index (χ1v) is 8.60. The Morgan fingerprint density at radius 2 is 1.95 bits per heavy atom. The molecule has 3 heterocycles. The average Bonchev–Trinajstić information content (AvgIpc) is 3.02. The molecule has 5 nitrogen and oxygen atoms in total. The Hall–Kier alpha value is -0.500. The molecule has 0 aromatic carbocycles. The summed E-state index contributed by atoms with van der Waals surface area (Å²) in [6.45, 7) is 7.40. The van der Waals surface area contributed by atoms with Gasteiger partial charge in [-0.15, -0.1) is 0 Å². The lowest BCUT2D eigenvalue weighted by Gasteiger charge is -2.35. The molecule has 2 unspecified atom stereocenters. The molecule has 0 radical (unpaired) electrons. The molecule has 2 fully saturated rings. The van der Waals surface area contributed by atoms with Crippen LogP contribution in [0, 0.1) is 0 Å². The van der Waals surface area contributed by atoms with Gasteiger partial charge in [-0.05, 0) is 22.4 Å². The summed E-state index contributed by atoms with van der Waals surface area (Å²) >= 11 is 1.71. The maximum absolute atomic E-state index is 10.3. The van der Waals surface area contributed by atoms with E-state index in [1.807, 2.05) is 0 Å². The van der Waals surface area contributed by atoms with Crippen LogP contribution < -0.4 is 0 Å². The van der Waals surface area contributed by atoms with Crippen molar-refractivity contribution in [2.45, 2.75) is 12.2 Å². The fourth-order valence-corrected chi connectivity index (χ4v) is 3.67. The first-order valence-electron chi connectivity index (χ1n) is 7.65. The van der Waals surface area contributed by atoms with Crippen molar-refractivity contribution in [2.75, 3.05) is 59.1 Å². The fraction of sp³-hybridized carbons (Fsp3) is 0.733. The number of thiophene rings is 1. The summed E-state index contributed by atoms with van der Waals surface area (Å²) in [5, 5.41) is 14.5. The highest BCUT2D eigenvalue weighted by Crippen LogP contribution is 2.24. The van der Waals surface area contributed by atoms with Crippen LogP contribution in [0.15, 0.2) is 16.8 Å². The third-order valence-electron chi connectivity index (χ3n) is 4.11. The van der Waals surface area contributed by atoms with Crippen LogP contribution in [0.3, 0.4) is 0 Å². The molecule has 0 amide bonds. The molecule has 0 saturated carbocycles. The van der Waals surface area contributed by atoms with Crippen molar-refractivity contribution in [3.63, 3.8) is 0 Å². The third-order valence-corrected chi connectivity index (χ3v) is 4.81. The quantitative estimate of drug-likeness (QED) is 0.872. The molecule has 6 heteroatoms. The highest BCUT2D eigenvalue weighted by Gasteiger charge is 2.24. The normalized spacial score (nSPS) is 26.8. The van der Waals surface area contributed by atoms with E-state index in [1.165, 1.54) is 5.56 Å². The van der Waals surface area contributed by atoms with Gasteiger partial charge in [-0.25, -0.2) is 0 Å². The van der Waals surface area contributed by atoms with Crippen molar-refractivity contribution in [1.82, 2.24) is 9.80 Å². The number of β-amino-alcohol motifs (C(OH)–C–C–N with tert-alkyl or cyclic N) is 1. The second-order valence-corrected chi connectivity index (χ2v) is 6.52. The number of nitrogens with zero attached hydrogens (tertiary/aromatic N) is 2. The second-order valence-electron chi connectivity index (χ2n) is 5.74. The van der Waals surface area contributed by atoms with Crippen molar-refractivity contribution in [2.24, 2.45) is 0 Å². The molecular weight excluding hydrogens is 288 g/mol. The van der Waals surface area contributed by atoms with Crippen LogP contribution >= 0.6 is 11.3 Å². The van der Waals surface area contributed by atoms with Crippen LogP contribution in [0.2, 0.25) is 0 Å². The maximum Gasteiger partial charge on any atom is 0.0960 e. The first-order chi connectivity index (χ1) is 10.3. The molecular formula is C15H24N2O3S. The van der Waals surface area contributed by atoms with Crippen molar-refractivity contribution in [3.8, 4) is 0 Å². The molecule has 0 spiro atoms. The van der Waals surface area contributed by atoms with Gasteiger partial charge in [0.2, 0.25) is 0 Å². The Morgan fingerprint density at radius 3 is 2.71 bits per heavy atom. The summed E-state index contributed by atoms with van der Waals surface area (Å²) < 4.78 is 11.2. The minimum atomic E-state index is -0.302. The summed E-state index contributed by atoms with van der Waals surface area (Å²) in [4.78, 5) is 4.60. The van der Waals surface area contributed by atoms with Crippen molar-refractivity contribution >= 4 is 11.3 Å². The molecule has 2 aliphatic heterocycles. The molecule has 2 saturated heterocycles. The summed E-state index contributed by atoms with van der Waals surface area (Å²) in [5.74, 6) is 0. The van der Waals surface area contributed by atoms with Crippen LogP contribution in [-0.4, -0.2) is 80.1 Å². The Kier molecular flexibility index (Phi) is 5.62. The van der Waals surface area contributed by atoms with Crippen LogP contribution in [0.4, 0.5) is 0 Å². The Balaban J connectivity index is 1.45. The van der Waals surface area contributed by atoms with Gasteiger partial charge in [-0.2, -0.15) is 11.3 Å². The smallest absolute Gasteiger partial charge is 0.0960 e. The van der Waals surface area contributed by atoms with Gasteiger partial charge in [0.15, 0.2) is 0 Å². The molecule has 2 aliphatic rings. The average molecular weight is 312 g/mol. The van der Waals surface area contributed by atoms with E-state index in [-0.39, 0.29) is 12.2 Å². The molecule has 3 rings (SSSR count). The molecule has 2 atom stereocenters. The van der Waals surface area contributed by atoms with Crippen LogP contribution in [0.25, 0.3) is 0 Å². The predicted molar refractivity (Wildman–Crippen MR) is 82.7 cm³/mol. The third kappa shape index (κ3) is 4.48. The summed E-state index contributed by atoms with van der Waals surface area (Å²) in [6, 6.07) is 2.13. The summed E-state index contributed by atoms with van der Waals surface area (Å²) in [5.41, 5.74) is 1.26. The van der Waals surface area contributed by atoms with Gasteiger partial charge in [0.1, 0.15) is 0 Å². The highest BCUT2D eigenvalue weighted by atomic mass is 32.1. The van der Waals surface area contributed by atoms with Gasteiger partial charge in [-0.1, -0.05) is 0 Å². The molecule has 1 aromatic rings. The van der Waals surface area contributed by atoms with Crippen molar-refractivity contribution in [1.29, 1.82) is 0 Å². The number of rotatable bonds is 5. The largest absolute Gasteiger partial charge is 0.390 e. The Morgan fingerprint density at radius 1 is 1.19 bits per heavy atom. The van der Waals surface area contributed by atoms with E-state index in [0.717, 1.165) is 59.1 Å². The number of aliphatic hydroxyl groups is 1. The Labute approximate surface area is 130 Å². The maximum atomic E-state index is 10.3. The van der Waals surface area contributed by atoms with Crippen LogP contribution in [0.5, 0.6) is 0 Å². The van der Waals surface area contributed by atoms with Gasteiger partial charge in [0, 0.05) is 39.3 Å². The summed E-state index contributed by atoms with van der Waals surface area (Å²) in [6.07, 6.45) is -0.148. The van der Waals surface area contributed by atoms with E-state index in [9.17, 15) is 5.11 Å². The molecule has 21 heavy (non-hydrogen) atoms. The highest BCUT2D eigenvalue weighted by molar-refractivity contribution is 7.07. The van der Waals surface area contributed by atoms with Crippen molar-refractivity contribution in [3.05, 3.63) is 22.4 Å². The van der Waals surface area contributed by atoms with Gasteiger partial charge in [0.25, 0.3) is 0 Å². The predicted octanol–water partition coefficient (Wildman–Crippen LogP) is 0.815. The van der Waals surface area contributed by atoms with Gasteiger partial charge < -0.3 is 14.6 Å². The van der Waals surface area contributed by atoms with E-state index < -0.39 is 0 Å². The molecule has 1 aromatic heterocycles. The molecule has 0 aliphatic carbocycles. The number of ether oxygens (including phenoxy) is 2. The van der Waals surface area contributed by atoms with Gasteiger partial charge >= 0.3 is 0 Å². The number of aliphatic hydroxyl groups excluding tert-OH is 1. The van der Waals surface area contributed by atoms with E-state index >= 15 is 0 Å². The topological polar surface area (TPSA) is 45.2 Å². The van der Waals surface area contributed by atoms with Crippen molar-refractivity contribution < 1.29 is 14.6 Å². The Bertz CT molecular complexity index is 409. The minimum Gasteiger partial charge on any atom is -0.390 e. The SMILES string of the molecule is OC(CN1CCOCC1)CN1CCOC(c2ccsc2)C1. The monoisotopic (exact) mass is 312 g/mol. The van der Waals surface area contributed by atoms with E-state index in [2.05, 4.69) is 26.6 Å². The van der Waals surface area contributed by atoms with Gasteiger partial charge in [0.05, 0.1) is 32.0 Å². The second kappa shape index (κ2) is 7.67. The molecule has 118 valence electrons. The van der Waals surface area contributed by atoms with E-state index in [1.54, 1.807) is 11.3 Å². The lowest BCUT2D eigenvalue weighted by molar-refractivity contribution is -0.0484. The van der Waals surface area contributed by atoms with Crippen LogP contribution in [0.1, 0.15) is 11.7 Å². The van der Waals surface area contributed by atoms with E-state index in [0.29, 0.717) is 0 Å². The first kappa shape index (κ1) is 15.4. The molecule has 0 bridgehead atoms. The number of hydrogen-bond acceptors (Lipinski definition) is 6. The zero-order valence-electron chi connectivity index (χ0n) is 12.3. The zero-order valence-corrected chi connectivity index (χ0v) is 13.1. The fourth-order valence-electron chi connectivity index (χ4n) is 2.97. The summed E-state index contributed by atoms with van der Waals surface area (Å²) in [7, 11) is 0. The minimum absolute atomic E-state index is 0.153. The zero-order chi connectivity index (χ0) is 14.5. The van der Waals surface area contributed by atoms with E-state index in [4.69, 9.17) is 9.47 Å². The van der Waals surface area contributed by atoms with Gasteiger partial charge in [-0.3, -0.25) is 9.80 Å².